The van der Waals surface area contributed by atoms with Crippen LogP contribution in [0.4, 0.5) is 28.9 Å². The number of H-pyrrole nitrogens is 2. The van der Waals surface area contributed by atoms with Crippen molar-refractivity contribution in [2.75, 3.05) is 36.0 Å². The van der Waals surface area contributed by atoms with E-state index in [1.54, 1.807) is 0 Å². The van der Waals surface area contributed by atoms with Gasteiger partial charge in [0.15, 0.2) is 11.6 Å². The number of hydrogen-bond donors (Lipinski definition) is 4. The molecule has 9 rings (SSSR count). The van der Waals surface area contributed by atoms with Gasteiger partial charge in [-0.2, -0.15) is 0 Å². The molecule has 4 saturated heterocycles. The first kappa shape index (κ1) is 30.9. The van der Waals surface area contributed by atoms with Gasteiger partial charge in [0.2, 0.25) is 0 Å². The van der Waals surface area contributed by atoms with Gasteiger partial charge in [0.25, 0.3) is 0 Å². The SMILES string of the molecule is Fc1cc(N2[C@@H](c3ccc4nc([C@@H]5C[C@H](F)CN5)[nH]c4c3)CC[C@@H]2c2ccc3nc([C@@H]4C[C@H](F)CN4)[nH]c3c2)cc(F)c1N1CCCCC1. The molecule has 4 fully saturated rings. The lowest BCUT2D eigenvalue weighted by atomic mass is 10.0. The Kier molecular flexibility index (Phi) is 7.76. The minimum atomic E-state index is -0.894. The monoisotopic (exact) mass is 672 g/mol. The van der Waals surface area contributed by atoms with Gasteiger partial charge in [0, 0.05) is 44.7 Å². The van der Waals surface area contributed by atoms with Crippen molar-refractivity contribution in [3.05, 3.63) is 82.9 Å². The summed E-state index contributed by atoms with van der Waals surface area (Å²) in [7, 11) is 0. The van der Waals surface area contributed by atoms with E-state index in [2.05, 4.69) is 37.6 Å². The number of nitrogens with zero attached hydrogens (tertiary/aromatic N) is 4. The van der Waals surface area contributed by atoms with Crippen LogP contribution in [0.25, 0.3) is 22.1 Å². The van der Waals surface area contributed by atoms with E-state index in [1.807, 2.05) is 29.2 Å². The van der Waals surface area contributed by atoms with Crippen molar-refractivity contribution in [1.82, 2.24) is 30.6 Å². The van der Waals surface area contributed by atoms with E-state index in [0.717, 1.165) is 65.3 Å². The van der Waals surface area contributed by atoms with Crippen LogP contribution in [0.5, 0.6) is 0 Å². The van der Waals surface area contributed by atoms with E-state index in [0.29, 0.717) is 56.4 Å². The summed E-state index contributed by atoms with van der Waals surface area (Å²) in [6.07, 6.45) is 3.40. The number of alkyl halides is 2. The Labute approximate surface area is 281 Å². The van der Waals surface area contributed by atoms with Gasteiger partial charge in [0.05, 0.1) is 46.2 Å². The van der Waals surface area contributed by atoms with Gasteiger partial charge >= 0.3 is 0 Å². The van der Waals surface area contributed by atoms with E-state index < -0.39 is 24.0 Å². The minimum Gasteiger partial charge on any atom is -0.367 e. The summed E-state index contributed by atoms with van der Waals surface area (Å²) in [6.45, 7) is 1.92. The molecule has 4 N–H and O–H groups in total. The molecule has 3 aromatic carbocycles. The van der Waals surface area contributed by atoms with Crippen molar-refractivity contribution in [3.63, 3.8) is 0 Å². The number of anilines is 2. The highest BCUT2D eigenvalue weighted by Crippen LogP contribution is 2.49. The van der Waals surface area contributed by atoms with Gasteiger partial charge in [-0.3, -0.25) is 0 Å². The normalized spacial score (nSPS) is 27.7. The summed E-state index contributed by atoms with van der Waals surface area (Å²) < 4.78 is 59.8. The lowest BCUT2D eigenvalue weighted by Gasteiger charge is -2.35. The van der Waals surface area contributed by atoms with Crippen LogP contribution in [0.2, 0.25) is 0 Å². The quantitative estimate of drug-likeness (QED) is 0.140. The number of benzene rings is 3. The van der Waals surface area contributed by atoms with E-state index in [9.17, 15) is 8.78 Å². The van der Waals surface area contributed by atoms with Crippen molar-refractivity contribution < 1.29 is 17.6 Å². The molecule has 5 aromatic rings. The second-order valence-corrected chi connectivity index (χ2v) is 14.2. The predicted octanol–water partition coefficient (Wildman–Crippen LogP) is 7.54. The third-order valence-corrected chi connectivity index (χ3v) is 11.0. The van der Waals surface area contributed by atoms with Crippen LogP contribution in [0.15, 0.2) is 48.5 Å². The highest BCUT2D eigenvalue weighted by molar-refractivity contribution is 5.78. The number of aromatic amines is 2. The van der Waals surface area contributed by atoms with Gasteiger partial charge in [0.1, 0.15) is 29.7 Å². The van der Waals surface area contributed by atoms with Gasteiger partial charge in [-0.05, 0) is 79.6 Å². The maximum atomic E-state index is 16.0. The molecule has 0 saturated carbocycles. The summed E-state index contributed by atoms with van der Waals surface area (Å²) >= 11 is 0. The van der Waals surface area contributed by atoms with Gasteiger partial charge in [-0.25, -0.2) is 27.5 Å². The smallest absolute Gasteiger partial charge is 0.151 e. The fourth-order valence-corrected chi connectivity index (χ4v) is 8.59. The third-order valence-electron chi connectivity index (χ3n) is 11.0. The minimum absolute atomic E-state index is 0.0562. The number of nitrogens with one attached hydrogen (secondary N) is 4. The van der Waals surface area contributed by atoms with Crippen molar-refractivity contribution in [2.24, 2.45) is 0 Å². The number of imidazole rings is 2. The number of fused-ring (bicyclic) bond motifs is 2. The summed E-state index contributed by atoms with van der Waals surface area (Å²) in [4.78, 5) is 20.3. The fourth-order valence-electron chi connectivity index (χ4n) is 8.59. The first-order valence-electron chi connectivity index (χ1n) is 17.6. The number of rotatable bonds is 6. The van der Waals surface area contributed by atoms with Crippen LogP contribution < -0.4 is 20.4 Å². The molecule has 0 unspecified atom stereocenters. The van der Waals surface area contributed by atoms with Crippen molar-refractivity contribution in [2.45, 2.75) is 81.5 Å². The van der Waals surface area contributed by atoms with E-state index in [1.165, 1.54) is 12.1 Å². The first-order valence-corrected chi connectivity index (χ1v) is 17.6. The lowest BCUT2D eigenvalue weighted by molar-refractivity contribution is 0.354. The van der Waals surface area contributed by atoms with Crippen LogP contribution in [-0.4, -0.2) is 58.5 Å². The summed E-state index contributed by atoms with van der Waals surface area (Å²) in [5.74, 6) is 0.337. The number of aromatic nitrogens is 4. The molecule has 0 aliphatic carbocycles. The highest BCUT2D eigenvalue weighted by atomic mass is 19.1. The Bertz CT molecular complexity index is 1870. The Morgan fingerprint density at radius 3 is 1.63 bits per heavy atom. The second-order valence-electron chi connectivity index (χ2n) is 14.2. The molecule has 4 aliphatic rings. The zero-order chi connectivity index (χ0) is 33.2. The molecule has 256 valence electrons. The van der Waals surface area contributed by atoms with Crippen LogP contribution in [0, 0.1) is 11.6 Å². The molecule has 6 heterocycles. The Morgan fingerprint density at radius 2 is 1.16 bits per heavy atom. The molecule has 0 amide bonds. The van der Waals surface area contributed by atoms with E-state index in [-0.39, 0.29) is 29.9 Å². The van der Waals surface area contributed by atoms with Gasteiger partial charge < -0.3 is 30.4 Å². The van der Waals surface area contributed by atoms with Crippen molar-refractivity contribution in [1.29, 1.82) is 0 Å². The molecule has 0 bridgehead atoms. The van der Waals surface area contributed by atoms with Gasteiger partial charge in [-0.15, -0.1) is 0 Å². The molecular formula is C37H40F4N8. The summed E-state index contributed by atoms with van der Waals surface area (Å²) in [6, 6.07) is 14.5. The number of piperidine rings is 1. The number of halogens is 4. The van der Waals surface area contributed by atoms with Crippen molar-refractivity contribution in [3.8, 4) is 0 Å². The van der Waals surface area contributed by atoms with Crippen LogP contribution in [-0.2, 0) is 0 Å². The van der Waals surface area contributed by atoms with Crippen LogP contribution in [0.1, 0.15) is 91.9 Å². The second kappa shape index (κ2) is 12.3. The standard InChI is InChI=1S/C37H40F4N8/c38-22-14-31(42-18-22)36-44-27-6-4-20(12-29(27)46-36)33-8-9-34(21-5-7-28-30(13-21)47-37(45-28)32-15-23(39)19-43-32)49(33)24-16-25(40)35(26(41)17-24)48-10-2-1-3-11-48/h4-7,12-13,16-17,22-23,31-34,42-43H,1-3,8-11,14-15,18-19H2,(H,44,46)(H,45,47)/t22-,23-,31-,32-,33+,34+/m0/s1. The molecule has 8 nitrogen and oxygen atoms in total. The number of hydrogen-bond acceptors (Lipinski definition) is 6. The molecule has 49 heavy (non-hydrogen) atoms. The topological polar surface area (TPSA) is 87.9 Å². The lowest BCUT2D eigenvalue weighted by Crippen LogP contribution is -2.31. The third kappa shape index (κ3) is 5.62. The summed E-state index contributed by atoms with van der Waals surface area (Å²) in [5, 5.41) is 6.40. The van der Waals surface area contributed by atoms with E-state index in [4.69, 9.17) is 9.97 Å². The zero-order valence-electron chi connectivity index (χ0n) is 27.2. The Balaban J connectivity index is 1.09. The molecule has 2 aromatic heterocycles. The van der Waals surface area contributed by atoms with Crippen molar-refractivity contribution >= 4 is 33.4 Å². The Morgan fingerprint density at radius 1 is 0.653 bits per heavy atom. The van der Waals surface area contributed by atoms with Crippen LogP contribution in [0.3, 0.4) is 0 Å². The first-order chi connectivity index (χ1) is 23.9. The maximum absolute atomic E-state index is 16.0. The average Bonchev–Trinajstić information content (AvgIpc) is 3.93. The largest absolute Gasteiger partial charge is 0.367 e. The molecular weight excluding hydrogens is 632 g/mol. The molecule has 6 atom stereocenters. The zero-order valence-corrected chi connectivity index (χ0v) is 27.2. The average molecular weight is 673 g/mol. The van der Waals surface area contributed by atoms with Crippen LogP contribution >= 0.6 is 0 Å². The fraction of sp³-hybridized carbons (Fsp3) is 0.459. The predicted molar refractivity (Wildman–Crippen MR) is 182 cm³/mol. The summed E-state index contributed by atoms with van der Waals surface area (Å²) in [5.41, 5.74) is 5.85. The maximum Gasteiger partial charge on any atom is 0.151 e. The van der Waals surface area contributed by atoms with Gasteiger partial charge in [-0.1, -0.05) is 12.1 Å². The highest BCUT2D eigenvalue weighted by Gasteiger charge is 2.38. The molecule has 0 radical (unpaired) electrons. The van der Waals surface area contributed by atoms with E-state index >= 15 is 8.78 Å². The molecule has 0 spiro atoms. The molecule has 4 aliphatic heterocycles. The molecule has 12 heteroatoms. The Hall–Kier alpha value is -4.16.